The quantitative estimate of drug-likeness (QED) is 0.459. The van der Waals surface area contributed by atoms with Crippen LogP contribution in [0.5, 0.6) is 0 Å². The number of dihydropyridines is 1. The molecule has 3 heterocycles. The first-order valence-electron chi connectivity index (χ1n) is 9.72. The van der Waals surface area contributed by atoms with Gasteiger partial charge in [-0.1, -0.05) is 48.2 Å². The fourth-order valence-electron chi connectivity index (χ4n) is 3.60. The molecule has 1 fully saturated rings. The van der Waals surface area contributed by atoms with E-state index in [0.29, 0.717) is 10.6 Å². The topological polar surface area (TPSA) is 126 Å². The fraction of sp³-hybridized carbons (Fsp3) is 0.318. The van der Waals surface area contributed by atoms with Crippen molar-refractivity contribution in [3.63, 3.8) is 0 Å². The summed E-state index contributed by atoms with van der Waals surface area (Å²) in [6.07, 6.45) is -3.32. The lowest BCUT2D eigenvalue weighted by Gasteiger charge is -2.40. The minimum atomic E-state index is -1.48. The largest absolute Gasteiger partial charge is 0.394 e. The Morgan fingerprint density at radius 2 is 1.84 bits per heavy atom. The summed E-state index contributed by atoms with van der Waals surface area (Å²) in [5.41, 5.74) is 1.22. The highest BCUT2D eigenvalue weighted by Crippen LogP contribution is 2.42. The van der Waals surface area contributed by atoms with E-state index in [1.54, 1.807) is 11.3 Å². The van der Waals surface area contributed by atoms with Crippen LogP contribution in [0.2, 0.25) is 0 Å². The number of thioether (sulfide) groups is 1. The van der Waals surface area contributed by atoms with Crippen molar-refractivity contribution < 1.29 is 25.2 Å². The summed E-state index contributed by atoms with van der Waals surface area (Å²) in [6.45, 7) is -0.507. The van der Waals surface area contributed by atoms with E-state index >= 15 is 0 Å². The van der Waals surface area contributed by atoms with Crippen LogP contribution >= 0.6 is 23.1 Å². The number of rotatable bonds is 5. The molecular weight excluding hydrogens is 436 g/mol. The van der Waals surface area contributed by atoms with E-state index in [-0.39, 0.29) is 5.92 Å². The van der Waals surface area contributed by atoms with E-state index in [1.807, 2.05) is 53.9 Å². The molecule has 1 unspecified atom stereocenters. The van der Waals surface area contributed by atoms with Crippen molar-refractivity contribution in [2.45, 2.75) is 35.8 Å². The Bertz CT molecular complexity index is 1000. The maximum absolute atomic E-state index is 10.5. The van der Waals surface area contributed by atoms with Crippen LogP contribution in [0.4, 0.5) is 0 Å². The maximum Gasteiger partial charge on any atom is 0.138 e. The highest BCUT2D eigenvalue weighted by atomic mass is 32.2. The number of thiophene rings is 1. The summed E-state index contributed by atoms with van der Waals surface area (Å²) in [6, 6.07) is 15.8. The van der Waals surface area contributed by atoms with Crippen LogP contribution in [0.1, 0.15) is 16.4 Å². The lowest BCUT2D eigenvalue weighted by molar-refractivity contribution is -0.205. The Morgan fingerprint density at radius 1 is 1.06 bits per heavy atom. The summed E-state index contributed by atoms with van der Waals surface area (Å²) >= 11 is 2.61. The third-order valence-corrected chi connectivity index (χ3v) is 7.41. The molecule has 0 amide bonds. The lowest BCUT2D eigenvalue weighted by Crippen LogP contribution is -2.57. The molecule has 9 heteroatoms. The molecule has 31 heavy (non-hydrogen) atoms. The van der Waals surface area contributed by atoms with E-state index in [2.05, 4.69) is 11.4 Å². The molecule has 2 aromatic rings. The molecule has 0 radical (unpaired) electrons. The summed E-state index contributed by atoms with van der Waals surface area (Å²) in [5, 5.41) is 55.8. The van der Waals surface area contributed by atoms with Gasteiger partial charge in [0.1, 0.15) is 29.9 Å². The molecule has 4 rings (SSSR count). The second-order valence-corrected chi connectivity index (χ2v) is 9.32. The average Bonchev–Trinajstić information content (AvgIpc) is 3.34. The first-order chi connectivity index (χ1) is 15.0. The predicted molar refractivity (Wildman–Crippen MR) is 119 cm³/mol. The number of nitriles is 1. The van der Waals surface area contributed by atoms with Crippen molar-refractivity contribution in [3.05, 3.63) is 75.0 Å². The van der Waals surface area contributed by atoms with Gasteiger partial charge >= 0.3 is 0 Å². The zero-order valence-electron chi connectivity index (χ0n) is 16.3. The second kappa shape index (κ2) is 9.54. The van der Waals surface area contributed by atoms with Crippen molar-refractivity contribution in [2.75, 3.05) is 6.61 Å². The first-order valence-corrected chi connectivity index (χ1v) is 11.5. The normalized spacial score (nSPS) is 31.0. The molecule has 0 spiro atoms. The van der Waals surface area contributed by atoms with Gasteiger partial charge in [-0.2, -0.15) is 5.26 Å². The van der Waals surface area contributed by atoms with Crippen molar-refractivity contribution in [2.24, 2.45) is 0 Å². The van der Waals surface area contributed by atoms with Crippen LogP contribution in [0.25, 0.3) is 5.70 Å². The van der Waals surface area contributed by atoms with E-state index in [4.69, 9.17) is 4.74 Å². The Morgan fingerprint density at radius 3 is 2.48 bits per heavy atom. The SMILES string of the molecule is N#CC1=C(S[C@@H]2O[C@H](CO)[C@H](O)[C@H](O)[C@H]2O)NC(c2ccccc2)=CC1c1cccs1. The van der Waals surface area contributed by atoms with Gasteiger partial charge in [0.05, 0.1) is 29.2 Å². The second-order valence-electron chi connectivity index (χ2n) is 7.23. The molecule has 5 N–H and O–H groups in total. The smallest absolute Gasteiger partial charge is 0.138 e. The number of aliphatic hydroxyl groups is 4. The molecule has 2 aliphatic heterocycles. The molecule has 1 saturated heterocycles. The highest BCUT2D eigenvalue weighted by Gasteiger charge is 2.44. The van der Waals surface area contributed by atoms with E-state index in [9.17, 15) is 25.7 Å². The Hall–Kier alpha value is -2.16. The minimum absolute atomic E-state index is 0.283. The van der Waals surface area contributed by atoms with Crippen LogP contribution in [0.3, 0.4) is 0 Å². The molecule has 162 valence electrons. The summed E-state index contributed by atoms with van der Waals surface area (Å²) in [7, 11) is 0. The maximum atomic E-state index is 10.5. The van der Waals surface area contributed by atoms with Gasteiger partial charge in [0.15, 0.2) is 0 Å². The van der Waals surface area contributed by atoms with Gasteiger partial charge in [-0.3, -0.25) is 0 Å². The molecule has 0 bridgehead atoms. The Kier molecular flexibility index (Phi) is 6.79. The first kappa shape index (κ1) is 22.0. The van der Waals surface area contributed by atoms with Crippen LogP contribution in [0, 0.1) is 11.3 Å². The number of hydrogen-bond donors (Lipinski definition) is 5. The van der Waals surface area contributed by atoms with Gasteiger partial charge in [-0.05, 0) is 23.1 Å². The van der Waals surface area contributed by atoms with E-state index in [0.717, 1.165) is 27.9 Å². The predicted octanol–water partition coefficient (Wildman–Crippen LogP) is 1.74. The zero-order chi connectivity index (χ0) is 22.0. The number of nitrogens with zero attached hydrogens (tertiary/aromatic N) is 1. The number of allylic oxidation sites excluding steroid dienone is 2. The standard InChI is InChI=1S/C22H22N2O5S2/c23-10-14-13(17-7-4-8-30-17)9-15(12-5-2-1-3-6-12)24-21(14)31-22-20(28)19(27)18(26)16(11-25)29-22/h1-9,13,16,18-20,22,24-28H,11H2/t13?,16-,18+,19+,20-,22+/m1/s1. The lowest BCUT2D eigenvalue weighted by atomic mass is 9.93. The summed E-state index contributed by atoms with van der Waals surface area (Å²) in [4.78, 5) is 0.999. The molecule has 2 aliphatic rings. The molecular formula is C22H22N2O5S2. The Balaban J connectivity index is 1.70. The fourth-order valence-corrected chi connectivity index (χ4v) is 5.60. The number of aliphatic hydroxyl groups excluding tert-OH is 4. The average molecular weight is 459 g/mol. The molecule has 7 nitrogen and oxygen atoms in total. The van der Waals surface area contributed by atoms with Gasteiger partial charge in [-0.15, -0.1) is 11.3 Å². The van der Waals surface area contributed by atoms with E-state index < -0.39 is 36.5 Å². The minimum Gasteiger partial charge on any atom is -0.394 e. The summed E-state index contributed by atoms with van der Waals surface area (Å²) in [5.74, 6) is -0.283. The van der Waals surface area contributed by atoms with Crippen LogP contribution in [-0.4, -0.2) is 56.9 Å². The number of ether oxygens (including phenoxy) is 1. The third kappa shape index (κ3) is 4.42. The van der Waals surface area contributed by atoms with Gasteiger partial charge in [0, 0.05) is 10.6 Å². The number of nitrogens with one attached hydrogen (secondary N) is 1. The van der Waals surface area contributed by atoms with Gasteiger partial charge in [0.2, 0.25) is 0 Å². The zero-order valence-corrected chi connectivity index (χ0v) is 18.0. The van der Waals surface area contributed by atoms with Crippen molar-refractivity contribution in [1.82, 2.24) is 5.32 Å². The van der Waals surface area contributed by atoms with Gasteiger partial charge in [-0.25, -0.2) is 0 Å². The van der Waals surface area contributed by atoms with Crippen molar-refractivity contribution >= 4 is 28.8 Å². The Labute approximate surface area is 187 Å². The third-order valence-electron chi connectivity index (χ3n) is 5.27. The molecule has 1 aromatic heterocycles. The highest BCUT2D eigenvalue weighted by molar-refractivity contribution is 8.03. The van der Waals surface area contributed by atoms with Crippen molar-refractivity contribution in [1.29, 1.82) is 5.26 Å². The van der Waals surface area contributed by atoms with Crippen LogP contribution in [0.15, 0.2) is 64.5 Å². The van der Waals surface area contributed by atoms with E-state index in [1.165, 1.54) is 0 Å². The molecule has 0 aliphatic carbocycles. The van der Waals surface area contributed by atoms with Crippen LogP contribution < -0.4 is 5.32 Å². The number of benzene rings is 1. The monoisotopic (exact) mass is 458 g/mol. The number of hydrogen-bond acceptors (Lipinski definition) is 9. The molecule has 6 atom stereocenters. The van der Waals surface area contributed by atoms with Crippen LogP contribution in [-0.2, 0) is 4.74 Å². The molecule has 0 saturated carbocycles. The van der Waals surface area contributed by atoms with Gasteiger partial charge < -0.3 is 30.5 Å². The molecule has 1 aromatic carbocycles. The summed E-state index contributed by atoms with van der Waals surface area (Å²) < 4.78 is 5.65. The van der Waals surface area contributed by atoms with Crippen molar-refractivity contribution in [3.8, 4) is 6.07 Å². The van der Waals surface area contributed by atoms with Gasteiger partial charge in [0.25, 0.3) is 0 Å².